The smallest absolute Gasteiger partial charge is 0.227 e. The predicted molar refractivity (Wildman–Crippen MR) is 110 cm³/mol. The van der Waals surface area contributed by atoms with E-state index in [0.717, 1.165) is 21.7 Å². The molecule has 2 N–H and O–H groups in total. The van der Waals surface area contributed by atoms with E-state index in [9.17, 15) is 4.79 Å². The number of benzene rings is 2. The molecule has 2 aromatic carbocycles. The number of thiazole rings is 1. The van der Waals surface area contributed by atoms with E-state index < -0.39 is 0 Å². The van der Waals surface area contributed by atoms with Gasteiger partial charge in [0.05, 0.1) is 10.2 Å². The number of para-hydroxylation sites is 1. The summed E-state index contributed by atoms with van der Waals surface area (Å²) in [6, 6.07) is 17.0. The number of nitrogens with zero attached hydrogens (tertiary/aromatic N) is 3. The van der Waals surface area contributed by atoms with E-state index in [4.69, 9.17) is 4.74 Å². The number of fused-ring (bicyclic) bond motifs is 1. The molecule has 0 spiro atoms. The van der Waals surface area contributed by atoms with Gasteiger partial charge in [-0.3, -0.25) is 4.79 Å². The molecule has 0 aliphatic carbocycles. The molecule has 0 fully saturated rings. The van der Waals surface area contributed by atoms with E-state index in [1.165, 1.54) is 11.3 Å². The Kier molecular flexibility index (Phi) is 5.39. The van der Waals surface area contributed by atoms with E-state index in [1.54, 1.807) is 18.5 Å². The van der Waals surface area contributed by atoms with E-state index >= 15 is 0 Å². The largest absolute Gasteiger partial charge is 0.457 e. The number of rotatable bonds is 7. The number of hydrogen-bond acceptors (Lipinski definition) is 7. The fourth-order valence-corrected chi connectivity index (χ4v) is 3.42. The van der Waals surface area contributed by atoms with Crippen LogP contribution < -0.4 is 15.4 Å². The van der Waals surface area contributed by atoms with Crippen molar-refractivity contribution in [2.75, 3.05) is 17.2 Å². The molecule has 0 saturated heterocycles. The van der Waals surface area contributed by atoms with Crippen molar-refractivity contribution < 1.29 is 9.53 Å². The van der Waals surface area contributed by atoms with Crippen LogP contribution in [0.4, 0.5) is 11.1 Å². The number of nitrogens with one attached hydrogen (secondary N) is 2. The molecule has 2 heterocycles. The lowest BCUT2D eigenvalue weighted by atomic mass is 10.3. The molecule has 0 aliphatic rings. The minimum atomic E-state index is -0.122. The van der Waals surface area contributed by atoms with Crippen molar-refractivity contribution in [1.82, 2.24) is 15.0 Å². The van der Waals surface area contributed by atoms with Gasteiger partial charge >= 0.3 is 0 Å². The fraction of sp³-hybridized carbons (Fsp3) is 0.100. The van der Waals surface area contributed by atoms with Crippen LogP contribution >= 0.6 is 11.3 Å². The summed E-state index contributed by atoms with van der Waals surface area (Å²) in [5, 5.41) is 6.40. The zero-order valence-corrected chi connectivity index (χ0v) is 15.6. The number of anilines is 2. The molecule has 140 valence electrons. The summed E-state index contributed by atoms with van der Waals surface area (Å²) in [5.74, 6) is 1.88. The summed E-state index contributed by atoms with van der Waals surface area (Å²) >= 11 is 1.41. The van der Waals surface area contributed by atoms with Crippen molar-refractivity contribution in [3.8, 4) is 11.5 Å². The van der Waals surface area contributed by atoms with Gasteiger partial charge in [0.1, 0.15) is 11.5 Å². The maximum Gasteiger partial charge on any atom is 0.227 e. The topological polar surface area (TPSA) is 89.0 Å². The number of hydrogen-bond donors (Lipinski definition) is 2. The van der Waals surface area contributed by atoms with Crippen molar-refractivity contribution in [1.29, 1.82) is 0 Å². The van der Waals surface area contributed by atoms with E-state index in [-0.39, 0.29) is 12.3 Å². The SMILES string of the molecule is O=C(CCNc1ncccn1)Nc1nc2ccc(Oc3ccccc3)cc2s1. The molecule has 7 nitrogen and oxygen atoms in total. The van der Waals surface area contributed by atoms with Gasteiger partial charge in [-0.1, -0.05) is 29.5 Å². The molecule has 2 aromatic heterocycles. The standard InChI is InChI=1S/C20H17N5O2S/c26-18(9-12-23-19-21-10-4-11-22-19)25-20-24-16-8-7-15(13-17(16)28-20)27-14-5-2-1-3-6-14/h1-8,10-11,13H,9,12H2,(H,21,22,23)(H,24,25,26). The molecule has 8 heteroatoms. The van der Waals surface area contributed by atoms with Crippen molar-refractivity contribution in [2.45, 2.75) is 6.42 Å². The van der Waals surface area contributed by atoms with Crippen LogP contribution in [0.3, 0.4) is 0 Å². The fourth-order valence-electron chi connectivity index (χ4n) is 2.51. The van der Waals surface area contributed by atoms with Gasteiger partial charge in [-0.15, -0.1) is 0 Å². The lowest BCUT2D eigenvalue weighted by Gasteiger charge is -2.04. The van der Waals surface area contributed by atoms with Crippen molar-refractivity contribution in [2.24, 2.45) is 0 Å². The highest BCUT2D eigenvalue weighted by Crippen LogP contribution is 2.31. The Morgan fingerprint density at radius 3 is 2.64 bits per heavy atom. The van der Waals surface area contributed by atoms with Crippen LogP contribution in [0.2, 0.25) is 0 Å². The molecule has 0 unspecified atom stereocenters. The first-order chi connectivity index (χ1) is 13.8. The monoisotopic (exact) mass is 391 g/mol. The molecule has 0 aliphatic heterocycles. The van der Waals surface area contributed by atoms with Gasteiger partial charge in [0, 0.05) is 31.4 Å². The lowest BCUT2D eigenvalue weighted by Crippen LogP contribution is -2.16. The van der Waals surface area contributed by atoms with Gasteiger partial charge in [0.2, 0.25) is 11.9 Å². The van der Waals surface area contributed by atoms with Crippen LogP contribution in [-0.2, 0) is 4.79 Å². The van der Waals surface area contributed by atoms with Crippen molar-refractivity contribution in [3.63, 3.8) is 0 Å². The van der Waals surface area contributed by atoms with E-state index in [1.807, 2.05) is 48.5 Å². The van der Waals surface area contributed by atoms with Crippen molar-refractivity contribution >= 4 is 38.5 Å². The molecule has 1 amide bonds. The third-order valence-electron chi connectivity index (χ3n) is 3.79. The average Bonchev–Trinajstić information content (AvgIpc) is 3.11. The zero-order valence-electron chi connectivity index (χ0n) is 14.8. The highest BCUT2D eigenvalue weighted by Gasteiger charge is 2.09. The minimum absolute atomic E-state index is 0.122. The second-order valence-corrected chi connectivity index (χ2v) is 6.89. The Hall–Kier alpha value is -3.52. The number of carbonyl (C=O) groups is 1. The van der Waals surface area contributed by atoms with Crippen LogP contribution in [0.25, 0.3) is 10.2 Å². The highest BCUT2D eigenvalue weighted by atomic mass is 32.1. The molecule has 0 bridgehead atoms. The Morgan fingerprint density at radius 2 is 1.82 bits per heavy atom. The van der Waals surface area contributed by atoms with Crippen LogP contribution in [-0.4, -0.2) is 27.4 Å². The van der Waals surface area contributed by atoms with Crippen LogP contribution in [0.1, 0.15) is 6.42 Å². The summed E-state index contributed by atoms with van der Waals surface area (Å²) in [5.41, 5.74) is 0.816. The van der Waals surface area contributed by atoms with Gasteiger partial charge in [-0.05, 0) is 30.3 Å². The summed E-state index contributed by atoms with van der Waals surface area (Å²) < 4.78 is 6.79. The molecule has 4 aromatic rings. The lowest BCUT2D eigenvalue weighted by molar-refractivity contribution is -0.115. The van der Waals surface area contributed by atoms with Gasteiger partial charge in [0.25, 0.3) is 0 Å². The van der Waals surface area contributed by atoms with Gasteiger partial charge < -0.3 is 15.4 Å². The van der Waals surface area contributed by atoms with E-state index in [2.05, 4.69) is 25.6 Å². The third kappa shape index (κ3) is 4.60. The van der Waals surface area contributed by atoms with Gasteiger partial charge in [-0.25, -0.2) is 15.0 Å². The first-order valence-corrected chi connectivity index (χ1v) is 9.52. The van der Waals surface area contributed by atoms with Gasteiger partial charge in [0.15, 0.2) is 5.13 Å². The van der Waals surface area contributed by atoms with Gasteiger partial charge in [-0.2, -0.15) is 0 Å². The Bertz CT molecular complexity index is 1070. The first-order valence-electron chi connectivity index (χ1n) is 8.70. The van der Waals surface area contributed by atoms with Crippen LogP contribution in [0.5, 0.6) is 11.5 Å². The quantitative estimate of drug-likeness (QED) is 0.488. The minimum Gasteiger partial charge on any atom is -0.457 e. The Balaban J connectivity index is 1.35. The van der Waals surface area contributed by atoms with Crippen LogP contribution in [0, 0.1) is 0 Å². The number of amides is 1. The third-order valence-corrected chi connectivity index (χ3v) is 4.72. The Labute approximate surface area is 165 Å². The number of carbonyl (C=O) groups excluding carboxylic acids is 1. The van der Waals surface area contributed by atoms with Crippen LogP contribution in [0.15, 0.2) is 67.0 Å². The molecule has 28 heavy (non-hydrogen) atoms. The maximum atomic E-state index is 12.1. The Morgan fingerprint density at radius 1 is 1.00 bits per heavy atom. The molecular formula is C20H17N5O2S. The van der Waals surface area contributed by atoms with Crippen molar-refractivity contribution in [3.05, 3.63) is 67.0 Å². The molecular weight excluding hydrogens is 374 g/mol. The summed E-state index contributed by atoms with van der Waals surface area (Å²) in [7, 11) is 0. The second kappa shape index (κ2) is 8.45. The highest BCUT2D eigenvalue weighted by molar-refractivity contribution is 7.22. The molecule has 4 rings (SSSR count). The average molecular weight is 391 g/mol. The zero-order chi connectivity index (χ0) is 19.2. The maximum absolute atomic E-state index is 12.1. The summed E-state index contributed by atoms with van der Waals surface area (Å²) in [4.78, 5) is 24.7. The molecule has 0 atom stereocenters. The summed E-state index contributed by atoms with van der Waals surface area (Å²) in [6.07, 6.45) is 3.58. The second-order valence-electron chi connectivity index (χ2n) is 5.86. The first kappa shape index (κ1) is 17.9. The number of ether oxygens (including phenoxy) is 1. The number of aromatic nitrogens is 3. The predicted octanol–water partition coefficient (Wildman–Crippen LogP) is 4.32. The van der Waals surface area contributed by atoms with E-state index in [0.29, 0.717) is 17.6 Å². The molecule has 0 saturated carbocycles. The summed E-state index contributed by atoms with van der Waals surface area (Å²) in [6.45, 7) is 0.440. The normalized spacial score (nSPS) is 10.6. The molecule has 0 radical (unpaired) electrons.